The summed E-state index contributed by atoms with van der Waals surface area (Å²) in [6, 6.07) is 5.39. The highest BCUT2D eigenvalue weighted by molar-refractivity contribution is 7.89. The van der Waals surface area contributed by atoms with Crippen LogP contribution in [0.2, 0.25) is 0 Å². The van der Waals surface area contributed by atoms with Gasteiger partial charge in [0.1, 0.15) is 0 Å². The van der Waals surface area contributed by atoms with Crippen molar-refractivity contribution in [2.45, 2.75) is 24.0 Å². The minimum atomic E-state index is -4.59. The molecule has 0 bridgehead atoms. The van der Waals surface area contributed by atoms with Gasteiger partial charge in [-0.25, -0.2) is 13.1 Å². The number of sulfonamides is 1. The van der Waals surface area contributed by atoms with Crippen LogP contribution in [0, 0.1) is 5.92 Å². The maximum atomic E-state index is 12.5. The van der Waals surface area contributed by atoms with Crippen molar-refractivity contribution in [2.24, 2.45) is 5.92 Å². The number of hydrogen-bond donors (Lipinski definition) is 2. The standard InChI is InChI=1S/C11H14F3NO3S/c1-8(11(12,13)14)10(7-16)15-19(17,18)9-5-3-2-4-6-9/h2-6,8,10,15-16H,7H2,1H3/t8-,10+/m0/s1. The molecule has 0 heterocycles. The molecule has 1 rings (SSSR count). The zero-order valence-corrected chi connectivity index (χ0v) is 10.9. The van der Waals surface area contributed by atoms with E-state index in [1.807, 2.05) is 4.72 Å². The Morgan fingerprint density at radius 2 is 1.79 bits per heavy atom. The first-order chi connectivity index (χ1) is 8.68. The van der Waals surface area contributed by atoms with E-state index in [4.69, 9.17) is 5.11 Å². The first-order valence-electron chi connectivity index (χ1n) is 5.43. The van der Waals surface area contributed by atoms with Gasteiger partial charge < -0.3 is 5.11 Å². The van der Waals surface area contributed by atoms with Crippen molar-refractivity contribution in [3.63, 3.8) is 0 Å². The molecule has 1 aromatic rings. The average Bonchev–Trinajstić information content (AvgIpc) is 2.35. The molecule has 4 nitrogen and oxygen atoms in total. The molecule has 108 valence electrons. The molecule has 1 aromatic carbocycles. The van der Waals surface area contributed by atoms with Crippen LogP contribution >= 0.6 is 0 Å². The second-order valence-corrected chi connectivity index (χ2v) is 5.77. The number of alkyl halides is 3. The smallest absolute Gasteiger partial charge is 0.393 e. The molecule has 0 radical (unpaired) electrons. The fourth-order valence-electron chi connectivity index (χ4n) is 1.39. The second-order valence-electron chi connectivity index (χ2n) is 4.05. The predicted molar refractivity (Wildman–Crippen MR) is 62.9 cm³/mol. The summed E-state index contributed by atoms with van der Waals surface area (Å²) >= 11 is 0. The largest absolute Gasteiger partial charge is 0.395 e. The quantitative estimate of drug-likeness (QED) is 0.866. The highest BCUT2D eigenvalue weighted by atomic mass is 32.2. The lowest BCUT2D eigenvalue weighted by molar-refractivity contribution is -0.178. The Morgan fingerprint density at radius 3 is 2.21 bits per heavy atom. The third-order valence-corrected chi connectivity index (χ3v) is 4.18. The van der Waals surface area contributed by atoms with Crippen LogP contribution in [0.3, 0.4) is 0 Å². The molecule has 0 aromatic heterocycles. The molecule has 0 amide bonds. The van der Waals surface area contributed by atoms with Crippen LogP contribution in [-0.2, 0) is 10.0 Å². The Morgan fingerprint density at radius 1 is 1.26 bits per heavy atom. The van der Waals surface area contributed by atoms with Crippen LogP contribution in [0.15, 0.2) is 35.2 Å². The molecule has 19 heavy (non-hydrogen) atoms. The van der Waals surface area contributed by atoms with Crippen molar-refractivity contribution in [3.05, 3.63) is 30.3 Å². The van der Waals surface area contributed by atoms with Crippen molar-refractivity contribution in [1.29, 1.82) is 0 Å². The lowest BCUT2D eigenvalue weighted by Crippen LogP contribution is -2.46. The van der Waals surface area contributed by atoms with Gasteiger partial charge in [-0.3, -0.25) is 0 Å². The summed E-state index contributed by atoms with van der Waals surface area (Å²) in [5, 5.41) is 8.94. The molecule has 0 spiro atoms. The van der Waals surface area contributed by atoms with Gasteiger partial charge in [-0.1, -0.05) is 25.1 Å². The van der Waals surface area contributed by atoms with Crippen molar-refractivity contribution >= 4 is 10.0 Å². The van der Waals surface area contributed by atoms with Gasteiger partial charge in [0.05, 0.1) is 23.5 Å². The van der Waals surface area contributed by atoms with E-state index in [0.29, 0.717) is 0 Å². The zero-order chi connectivity index (χ0) is 14.7. The number of rotatable bonds is 5. The van der Waals surface area contributed by atoms with Gasteiger partial charge >= 0.3 is 6.18 Å². The van der Waals surface area contributed by atoms with Gasteiger partial charge in [-0.15, -0.1) is 0 Å². The number of benzene rings is 1. The molecule has 2 atom stereocenters. The van der Waals surface area contributed by atoms with Gasteiger partial charge in [0, 0.05) is 0 Å². The van der Waals surface area contributed by atoms with Crippen LogP contribution < -0.4 is 4.72 Å². The molecule has 0 aliphatic heterocycles. The topological polar surface area (TPSA) is 66.4 Å². The summed E-state index contributed by atoms with van der Waals surface area (Å²) in [4.78, 5) is -0.150. The van der Waals surface area contributed by atoms with Crippen LogP contribution in [0.4, 0.5) is 13.2 Å². The minimum Gasteiger partial charge on any atom is -0.395 e. The Balaban J connectivity index is 2.93. The molecule has 0 saturated heterocycles. The number of aliphatic hydroxyl groups is 1. The number of halogens is 3. The highest BCUT2D eigenvalue weighted by Crippen LogP contribution is 2.28. The maximum Gasteiger partial charge on any atom is 0.393 e. The first-order valence-corrected chi connectivity index (χ1v) is 6.91. The van der Waals surface area contributed by atoms with E-state index < -0.39 is 34.8 Å². The van der Waals surface area contributed by atoms with Gasteiger partial charge in [0.2, 0.25) is 10.0 Å². The Hall–Kier alpha value is -1.12. The van der Waals surface area contributed by atoms with Crippen molar-refractivity contribution < 1.29 is 26.7 Å². The molecule has 0 aliphatic rings. The van der Waals surface area contributed by atoms with Crippen molar-refractivity contribution in [1.82, 2.24) is 4.72 Å². The number of hydrogen-bond acceptors (Lipinski definition) is 3. The third-order valence-electron chi connectivity index (χ3n) is 2.68. The van der Waals surface area contributed by atoms with E-state index in [9.17, 15) is 21.6 Å². The van der Waals surface area contributed by atoms with Gasteiger partial charge in [0.25, 0.3) is 0 Å². The molecule has 0 fully saturated rings. The Labute approximate surface area is 109 Å². The van der Waals surface area contributed by atoms with Crippen LogP contribution in [0.1, 0.15) is 6.92 Å². The van der Waals surface area contributed by atoms with Gasteiger partial charge in [-0.2, -0.15) is 13.2 Å². The van der Waals surface area contributed by atoms with Gasteiger partial charge in [-0.05, 0) is 12.1 Å². The number of nitrogens with one attached hydrogen (secondary N) is 1. The summed E-state index contributed by atoms with van der Waals surface area (Å²) < 4.78 is 63.1. The summed E-state index contributed by atoms with van der Waals surface area (Å²) in [6.45, 7) is -0.124. The first kappa shape index (κ1) is 15.9. The second kappa shape index (κ2) is 5.89. The van der Waals surface area contributed by atoms with Crippen molar-refractivity contribution in [3.8, 4) is 0 Å². The molecular formula is C11H14F3NO3S. The van der Waals surface area contributed by atoms with Crippen LogP contribution in [0.25, 0.3) is 0 Å². The fraction of sp³-hybridized carbons (Fsp3) is 0.455. The number of aliphatic hydroxyl groups excluding tert-OH is 1. The Kier molecular flexibility index (Phi) is 4.94. The van der Waals surface area contributed by atoms with Crippen molar-refractivity contribution in [2.75, 3.05) is 6.61 Å². The molecule has 0 saturated carbocycles. The normalized spacial score (nSPS) is 16.1. The monoisotopic (exact) mass is 297 g/mol. The van der Waals surface area contributed by atoms with Gasteiger partial charge in [0.15, 0.2) is 0 Å². The third kappa shape index (κ3) is 4.19. The lowest BCUT2D eigenvalue weighted by Gasteiger charge is -2.25. The molecule has 0 aliphatic carbocycles. The molecule has 2 N–H and O–H groups in total. The van der Waals surface area contributed by atoms with Crippen LogP contribution in [-0.4, -0.2) is 32.3 Å². The zero-order valence-electron chi connectivity index (χ0n) is 10.1. The summed E-state index contributed by atoms with van der Waals surface area (Å²) in [5.41, 5.74) is 0. The van der Waals surface area contributed by atoms with E-state index >= 15 is 0 Å². The predicted octanol–water partition coefficient (Wildman–Crippen LogP) is 1.52. The van der Waals surface area contributed by atoms with Crippen LogP contribution in [0.5, 0.6) is 0 Å². The Bertz CT molecular complexity index is 502. The van der Waals surface area contributed by atoms with E-state index in [2.05, 4.69) is 0 Å². The summed E-state index contributed by atoms with van der Waals surface area (Å²) in [7, 11) is -4.09. The summed E-state index contributed by atoms with van der Waals surface area (Å²) in [5.74, 6) is -1.99. The summed E-state index contributed by atoms with van der Waals surface area (Å²) in [6.07, 6.45) is -4.59. The molecule has 8 heteroatoms. The maximum absolute atomic E-state index is 12.5. The van der Waals surface area contributed by atoms with E-state index in [1.165, 1.54) is 24.3 Å². The highest BCUT2D eigenvalue weighted by Gasteiger charge is 2.42. The SMILES string of the molecule is C[C@@H]([C@@H](CO)NS(=O)(=O)c1ccccc1)C(F)(F)F. The fourth-order valence-corrected chi connectivity index (χ4v) is 2.72. The van der Waals surface area contributed by atoms with E-state index in [-0.39, 0.29) is 4.90 Å². The lowest BCUT2D eigenvalue weighted by atomic mass is 10.0. The average molecular weight is 297 g/mol. The molecule has 0 unspecified atom stereocenters. The minimum absolute atomic E-state index is 0.150. The van der Waals surface area contributed by atoms with E-state index in [0.717, 1.165) is 6.92 Å². The van der Waals surface area contributed by atoms with E-state index in [1.54, 1.807) is 6.07 Å². The molecular weight excluding hydrogens is 283 g/mol.